The molecule has 1 fully saturated rings. The first kappa shape index (κ1) is 12.8. The standard InChI is InChI=1S/C13H19N3O2/c1-3-10-4-6-16(7-5-10)13-14-8-11(12(17)18)9(2)15-13/h8,10H,3-7H2,1-2H3,(H,17,18). The van der Waals surface area contributed by atoms with Gasteiger partial charge in [0.2, 0.25) is 5.95 Å². The van der Waals surface area contributed by atoms with Gasteiger partial charge in [-0.05, 0) is 25.7 Å². The first-order valence-electron chi connectivity index (χ1n) is 6.43. The van der Waals surface area contributed by atoms with Gasteiger partial charge in [0.1, 0.15) is 0 Å². The number of aromatic nitrogens is 2. The van der Waals surface area contributed by atoms with Crippen LogP contribution in [0.3, 0.4) is 0 Å². The molecule has 1 aromatic rings. The molecule has 0 atom stereocenters. The van der Waals surface area contributed by atoms with Gasteiger partial charge in [0.05, 0.1) is 11.3 Å². The second kappa shape index (κ2) is 5.33. The molecule has 5 nitrogen and oxygen atoms in total. The monoisotopic (exact) mass is 249 g/mol. The van der Waals surface area contributed by atoms with E-state index in [1.54, 1.807) is 6.92 Å². The lowest BCUT2D eigenvalue weighted by atomic mass is 9.95. The van der Waals surface area contributed by atoms with Crippen molar-refractivity contribution in [2.45, 2.75) is 33.1 Å². The van der Waals surface area contributed by atoms with Gasteiger partial charge in [0.15, 0.2) is 0 Å². The molecular formula is C13H19N3O2. The SMILES string of the molecule is CCC1CCN(c2ncc(C(=O)O)c(C)n2)CC1. The number of rotatable bonds is 3. The van der Waals surface area contributed by atoms with Crippen LogP contribution in [-0.4, -0.2) is 34.1 Å². The largest absolute Gasteiger partial charge is 0.478 e. The Labute approximate surface area is 107 Å². The molecule has 5 heteroatoms. The molecule has 0 unspecified atom stereocenters. The molecule has 1 aliphatic rings. The van der Waals surface area contributed by atoms with Gasteiger partial charge in [-0.3, -0.25) is 0 Å². The van der Waals surface area contributed by atoms with Crippen molar-refractivity contribution < 1.29 is 9.90 Å². The number of piperidine rings is 1. The first-order valence-corrected chi connectivity index (χ1v) is 6.43. The molecule has 18 heavy (non-hydrogen) atoms. The van der Waals surface area contributed by atoms with E-state index in [9.17, 15) is 4.79 Å². The van der Waals surface area contributed by atoms with Crippen molar-refractivity contribution >= 4 is 11.9 Å². The van der Waals surface area contributed by atoms with Gasteiger partial charge in [-0.25, -0.2) is 14.8 Å². The molecule has 0 aromatic carbocycles. The molecule has 0 aliphatic carbocycles. The molecule has 1 aliphatic heterocycles. The van der Waals surface area contributed by atoms with Gasteiger partial charge in [-0.1, -0.05) is 13.3 Å². The average molecular weight is 249 g/mol. The zero-order chi connectivity index (χ0) is 13.1. The maximum absolute atomic E-state index is 10.9. The third kappa shape index (κ3) is 2.60. The predicted octanol–water partition coefficient (Wildman–Crippen LogP) is 2.11. The predicted molar refractivity (Wildman–Crippen MR) is 69.0 cm³/mol. The van der Waals surface area contributed by atoms with Crippen LogP contribution in [0.2, 0.25) is 0 Å². The molecular weight excluding hydrogens is 230 g/mol. The van der Waals surface area contributed by atoms with E-state index in [1.165, 1.54) is 25.5 Å². The summed E-state index contributed by atoms with van der Waals surface area (Å²) in [7, 11) is 0. The Balaban J connectivity index is 2.11. The summed E-state index contributed by atoms with van der Waals surface area (Å²) < 4.78 is 0. The van der Waals surface area contributed by atoms with Crippen LogP contribution in [0.5, 0.6) is 0 Å². The number of carboxylic acids is 1. The van der Waals surface area contributed by atoms with E-state index in [0.717, 1.165) is 19.0 Å². The molecule has 0 saturated carbocycles. The first-order chi connectivity index (χ1) is 8.61. The number of hydrogen-bond acceptors (Lipinski definition) is 4. The highest BCUT2D eigenvalue weighted by molar-refractivity contribution is 5.88. The molecule has 0 spiro atoms. The van der Waals surface area contributed by atoms with Crippen LogP contribution in [0.15, 0.2) is 6.20 Å². The summed E-state index contributed by atoms with van der Waals surface area (Å²) in [5.41, 5.74) is 0.715. The molecule has 0 amide bonds. The minimum absolute atomic E-state index is 0.183. The zero-order valence-corrected chi connectivity index (χ0v) is 10.9. The Kier molecular flexibility index (Phi) is 3.79. The highest BCUT2D eigenvalue weighted by Crippen LogP contribution is 2.23. The quantitative estimate of drug-likeness (QED) is 0.888. The van der Waals surface area contributed by atoms with Gasteiger partial charge in [0.25, 0.3) is 0 Å². The van der Waals surface area contributed by atoms with Gasteiger partial charge in [-0.2, -0.15) is 0 Å². The molecule has 98 valence electrons. The lowest BCUT2D eigenvalue weighted by Gasteiger charge is -2.31. The van der Waals surface area contributed by atoms with Crippen LogP contribution in [-0.2, 0) is 0 Å². The fourth-order valence-electron chi connectivity index (χ4n) is 2.36. The molecule has 2 rings (SSSR count). The maximum Gasteiger partial charge on any atom is 0.339 e. The van der Waals surface area contributed by atoms with Crippen molar-refractivity contribution in [2.24, 2.45) is 5.92 Å². The number of aromatic carboxylic acids is 1. The fourth-order valence-corrected chi connectivity index (χ4v) is 2.36. The van der Waals surface area contributed by atoms with E-state index in [-0.39, 0.29) is 5.56 Å². The van der Waals surface area contributed by atoms with Crippen LogP contribution >= 0.6 is 0 Å². The summed E-state index contributed by atoms with van der Waals surface area (Å²) in [5, 5.41) is 8.94. The van der Waals surface area contributed by atoms with Crippen LogP contribution in [0, 0.1) is 12.8 Å². The Morgan fingerprint density at radius 3 is 2.67 bits per heavy atom. The zero-order valence-electron chi connectivity index (χ0n) is 10.9. The van der Waals surface area contributed by atoms with Crippen molar-refractivity contribution in [1.82, 2.24) is 9.97 Å². The third-order valence-electron chi connectivity index (χ3n) is 3.67. The number of aryl methyl sites for hydroxylation is 1. The summed E-state index contributed by atoms with van der Waals surface area (Å²) in [5.74, 6) is 0.497. The minimum atomic E-state index is -0.969. The molecule has 2 heterocycles. The highest BCUT2D eigenvalue weighted by atomic mass is 16.4. The molecule has 1 aromatic heterocycles. The van der Waals surface area contributed by atoms with Crippen LogP contribution in [0.4, 0.5) is 5.95 Å². The van der Waals surface area contributed by atoms with E-state index in [4.69, 9.17) is 5.11 Å². The van der Waals surface area contributed by atoms with Crippen molar-refractivity contribution in [3.8, 4) is 0 Å². The average Bonchev–Trinajstić information content (AvgIpc) is 2.38. The number of carbonyl (C=O) groups is 1. The fraction of sp³-hybridized carbons (Fsp3) is 0.615. The van der Waals surface area contributed by atoms with Crippen molar-refractivity contribution in [2.75, 3.05) is 18.0 Å². The normalized spacial score (nSPS) is 16.9. The second-order valence-corrected chi connectivity index (χ2v) is 4.81. The topological polar surface area (TPSA) is 66.3 Å². The van der Waals surface area contributed by atoms with Gasteiger partial charge >= 0.3 is 5.97 Å². The van der Waals surface area contributed by atoms with Crippen LogP contribution in [0.1, 0.15) is 42.2 Å². The minimum Gasteiger partial charge on any atom is -0.478 e. The lowest BCUT2D eigenvalue weighted by molar-refractivity contribution is 0.0695. The summed E-state index contributed by atoms with van der Waals surface area (Å²) in [6.07, 6.45) is 4.97. The number of anilines is 1. The van der Waals surface area contributed by atoms with E-state index >= 15 is 0 Å². The lowest BCUT2D eigenvalue weighted by Crippen LogP contribution is -2.34. The van der Waals surface area contributed by atoms with Gasteiger partial charge in [-0.15, -0.1) is 0 Å². The van der Waals surface area contributed by atoms with Gasteiger partial charge < -0.3 is 10.0 Å². The Morgan fingerprint density at radius 2 is 2.17 bits per heavy atom. The van der Waals surface area contributed by atoms with E-state index < -0.39 is 5.97 Å². The summed E-state index contributed by atoms with van der Waals surface area (Å²) >= 11 is 0. The Morgan fingerprint density at radius 1 is 1.50 bits per heavy atom. The summed E-state index contributed by atoms with van der Waals surface area (Å²) in [6.45, 7) is 5.87. The smallest absolute Gasteiger partial charge is 0.339 e. The van der Waals surface area contributed by atoms with E-state index in [0.29, 0.717) is 11.6 Å². The highest BCUT2D eigenvalue weighted by Gasteiger charge is 2.20. The van der Waals surface area contributed by atoms with Crippen LogP contribution < -0.4 is 4.90 Å². The number of nitrogens with zero attached hydrogens (tertiary/aromatic N) is 3. The van der Waals surface area contributed by atoms with Crippen molar-refractivity contribution in [3.63, 3.8) is 0 Å². The molecule has 0 bridgehead atoms. The van der Waals surface area contributed by atoms with Crippen molar-refractivity contribution in [1.29, 1.82) is 0 Å². The molecule has 0 radical (unpaired) electrons. The summed E-state index contributed by atoms with van der Waals surface area (Å²) in [4.78, 5) is 21.5. The number of hydrogen-bond donors (Lipinski definition) is 1. The Hall–Kier alpha value is -1.65. The van der Waals surface area contributed by atoms with Crippen molar-refractivity contribution in [3.05, 3.63) is 17.5 Å². The van der Waals surface area contributed by atoms with E-state index in [1.807, 2.05) is 0 Å². The van der Waals surface area contributed by atoms with Gasteiger partial charge in [0, 0.05) is 19.3 Å². The maximum atomic E-state index is 10.9. The Bertz CT molecular complexity index is 440. The second-order valence-electron chi connectivity index (χ2n) is 4.81. The molecule has 1 saturated heterocycles. The molecule has 1 N–H and O–H groups in total. The summed E-state index contributed by atoms with van der Waals surface area (Å²) in [6, 6.07) is 0. The third-order valence-corrected chi connectivity index (χ3v) is 3.67. The number of carboxylic acid groups (broad SMARTS) is 1. The van der Waals surface area contributed by atoms with E-state index in [2.05, 4.69) is 21.8 Å². The van der Waals surface area contributed by atoms with Crippen LogP contribution in [0.25, 0.3) is 0 Å².